The minimum absolute atomic E-state index is 0.160. The largest absolute Gasteiger partial charge is 0.490 e. The van der Waals surface area contributed by atoms with Crippen molar-refractivity contribution in [1.82, 2.24) is 10.3 Å². The first-order valence-corrected chi connectivity index (χ1v) is 14.3. The second kappa shape index (κ2) is 19.2. The number of aromatic nitrogens is 1. The molecule has 0 saturated carbocycles. The Kier molecular flexibility index (Phi) is 16.5. The second-order valence-electron chi connectivity index (χ2n) is 9.56. The summed E-state index contributed by atoms with van der Waals surface area (Å²) in [5, 5.41) is 40.3. The topological polar surface area (TPSA) is 214 Å². The predicted molar refractivity (Wildman–Crippen MR) is 164 cm³/mol. The number of aliphatic hydroxyl groups is 2. The van der Waals surface area contributed by atoms with E-state index in [1.807, 2.05) is 45.0 Å². The van der Waals surface area contributed by atoms with E-state index in [4.69, 9.17) is 35.0 Å². The number of fused-ring (bicyclic) bond motifs is 1. The SMILES string of the molecule is CCOc1cc2ncc(C(N)=O)c(Nc3cccc(CNC(CO)CO)c3CC)c2cc1OCC.O=C(O)C(F)(F)F.O=C(O)C(F)(F)F. The molecule has 0 radical (unpaired) electrons. The first-order chi connectivity index (χ1) is 22.9. The van der Waals surface area contributed by atoms with E-state index in [9.17, 15) is 41.4 Å². The molecule has 1 amide bonds. The van der Waals surface area contributed by atoms with Crippen molar-refractivity contribution in [2.75, 3.05) is 31.7 Å². The van der Waals surface area contributed by atoms with Gasteiger partial charge in [0, 0.05) is 29.9 Å². The molecule has 272 valence electrons. The van der Waals surface area contributed by atoms with Gasteiger partial charge in [-0.3, -0.25) is 9.78 Å². The maximum Gasteiger partial charge on any atom is 0.490 e. The Hall–Kier alpha value is -4.88. The fourth-order valence-corrected chi connectivity index (χ4v) is 3.97. The summed E-state index contributed by atoms with van der Waals surface area (Å²) >= 11 is 0. The van der Waals surface area contributed by atoms with Gasteiger partial charge in [-0.1, -0.05) is 19.1 Å². The number of alkyl halides is 6. The molecule has 2 aromatic carbocycles. The van der Waals surface area contributed by atoms with Crippen molar-refractivity contribution in [3.8, 4) is 11.5 Å². The number of pyridine rings is 1. The third-order valence-corrected chi connectivity index (χ3v) is 6.19. The minimum atomic E-state index is -5.08. The quantitative estimate of drug-likeness (QED) is 0.125. The summed E-state index contributed by atoms with van der Waals surface area (Å²) in [6.07, 6.45) is -7.98. The third kappa shape index (κ3) is 12.9. The lowest BCUT2D eigenvalue weighted by Gasteiger charge is -2.20. The van der Waals surface area contributed by atoms with Gasteiger partial charge >= 0.3 is 24.3 Å². The van der Waals surface area contributed by atoms with E-state index in [1.165, 1.54) is 6.20 Å². The van der Waals surface area contributed by atoms with Crippen molar-refractivity contribution in [3.05, 3.63) is 53.2 Å². The Bertz CT molecular complexity index is 1540. The van der Waals surface area contributed by atoms with Crippen LogP contribution in [0.5, 0.6) is 11.5 Å². The number of anilines is 2. The predicted octanol–water partition coefficient (Wildman–Crippen LogP) is 4.15. The molecule has 0 saturated heterocycles. The number of ether oxygens (including phenoxy) is 2. The number of amides is 1. The minimum Gasteiger partial charge on any atom is -0.490 e. The highest BCUT2D eigenvalue weighted by Gasteiger charge is 2.38. The van der Waals surface area contributed by atoms with Crippen LogP contribution in [0, 0.1) is 0 Å². The maximum absolute atomic E-state index is 12.3. The standard InChI is InChI=1S/C26H34N4O5.2C2HF3O2/c1-4-18-16(12-28-17(14-31)15-32)8-7-9-21(18)30-25-19-10-23(34-5-2)24(35-6-3)11-22(19)29-13-20(25)26(27)33;2*3-2(4,5)1(6)7/h7-11,13,17,28,31-32H,4-6,12,14-15H2,1-3H3,(H2,27,33)(H,29,30);2*(H,6,7). The number of aliphatic hydroxyl groups excluding tert-OH is 2. The van der Waals surface area contributed by atoms with Crippen molar-refractivity contribution in [1.29, 1.82) is 0 Å². The van der Waals surface area contributed by atoms with E-state index in [0.29, 0.717) is 47.8 Å². The van der Waals surface area contributed by atoms with Crippen LogP contribution >= 0.6 is 0 Å². The molecule has 0 aliphatic carbocycles. The number of hydrogen-bond donors (Lipinski definition) is 7. The van der Waals surface area contributed by atoms with Crippen LogP contribution in [0.25, 0.3) is 10.9 Å². The molecule has 0 atom stereocenters. The highest BCUT2D eigenvalue weighted by molar-refractivity contribution is 6.08. The van der Waals surface area contributed by atoms with Crippen molar-refractivity contribution in [2.24, 2.45) is 5.73 Å². The normalized spacial score (nSPS) is 11.2. The zero-order chi connectivity index (χ0) is 37.5. The first kappa shape index (κ1) is 42.1. The highest BCUT2D eigenvalue weighted by Crippen LogP contribution is 2.38. The zero-order valence-electron chi connectivity index (χ0n) is 26.4. The van der Waals surface area contributed by atoms with Crippen LogP contribution in [0.3, 0.4) is 0 Å². The molecule has 1 heterocycles. The van der Waals surface area contributed by atoms with Crippen LogP contribution in [0.4, 0.5) is 37.7 Å². The van der Waals surface area contributed by atoms with Gasteiger partial charge in [-0.05, 0) is 43.5 Å². The van der Waals surface area contributed by atoms with Crippen LogP contribution in [0.1, 0.15) is 42.3 Å². The van der Waals surface area contributed by atoms with E-state index in [1.54, 1.807) is 6.07 Å². The summed E-state index contributed by atoms with van der Waals surface area (Å²) in [7, 11) is 0. The van der Waals surface area contributed by atoms with Crippen LogP contribution in [0.2, 0.25) is 0 Å². The first-order valence-electron chi connectivity index (χ1n) is 14.3. The number of nitrogens with zero attached hydrogens (tertiary/aromatic N) is 1. The van der Waals surface area contributed by atoms with Gasteiger partial charge in [0.25, 0.3) is 5.91 Å². The van der Waals surface area contributed by atoms with Crippen molar-refractivity contribution >= 4 is 40.1 Å². The third-order valence-electron chi connectivity index (χ3n) is 6.19. The van der Waals surface area contributed by atoms with Gasteiger partial charge in [0.1, 0.15) is 0 Å². The number of nitrogens with one attached hydrogen (secondary N) is 2. The van der Waals surface area contributed by atoms with Gasteiger partial charge in [0.2, 0.25) is 0 Å². The number of rotatable bonds is 13. The Morgan fingerprint density at radius 1 is 0.898 bits per heavy atom. The number of hydrogen-bond acceptors (Lipinski definition) is 10. The number of primary amides is 1. The van der Waals surface area contributed by atoms with Crippen molar-refractivity contribution < 1.29 is 70.6 Å². The number of carbonyl (C=O) groups is 3. The molecule has 49 heavy (non-hydrogen) atoms. The second-order valence-corrected chi connectivity index (χ2v) is 9.56. The van der Waals surface area contributed by atoms with E-state index < -0.39 is 36.2 Å². The van der Waals surface area contributed by atoms with E-state index >= 15 is 0 Å². The van der Waals surface area contributed by atoms with Gasteiger partial charge in [0.05, 0.1) is 49.2 Å². The summed E-state index contributed by atoms with van der Waals surface area (Å²) in [6, 6.07) is 9.05. The number of carbonyl (C=O) groups excluding carboxylic acids is 1. The Morgan fingerprint density at radius 2 is 1.41 bits per heavy atom. The molecular weight excluding hydrogens is 674 g/mol. The molecule has 0 fully saturated rings. The van der Waals surface area contributed by atoms with E-state index in [2.05, 4.69) is 15.6 Å². The number of halogens is 6. The van der Waals surface area contributed by atoms with Gasteiger partial charge < -0.3 is 46.3 Å². The Labute approximate surface area is 275 Å². The fourth-order valence-electron chi connectivity index (χ4n) is 3.97. The summed E-state index contributed by atoms with van der Waals surface area (Å²) < 4.78 is 75.0. The fraction of sp³-hybridized carbons (Fsp3) is 0.400. The van der Waals surface area contributed by atoms with E-state index in [-0.39, 0.29) is 18.8 Å². The molecule has 8 N–H and O–H groups in total. The van der Waals surface area contributed by atoms with Gasteiger partial charge in [-0.2, -0.15) is 26.3 Å². The molecule has 3 rings (SSSR count). The molecule has 1 aromatic heterocycles. The summed E-state index contributed by atoms with van der Waals surface area (Å²) in [5.74, 6) is -4.98. The lowest BCUT2D eigenvalue weighted by Crippen LogP contribution is -2.35. The smallest absolute Gasteiger partial charge is 0.490 e. The van der Waals surface area contributed by atoms with Crippen LogP contribution in [-0.4, -0.2) is 88.1 Å². The molecule has 0 aliphatic rings. The summed E-state index contributed by atoms with van der Waals surface area (Å²) in [4.78, 5) is 34.6. The monoisotopic (exact) mass is 710 g/mol. The summed E-state index contributed by atoms with van der Waals surface area (Å²) in [5.41, 5.74) is 10.0. The lowest BCUT2D eigenvalue weighted by molar-refractivity contribution is -0.193. The molecular formula is C30H36F6N4O9. The van der Waals surface area contributed by atoms with Gasteiger partial charge in [-0.15, -0.1) is 0 Å². The highest BCUT2D eigenvalue weighted by atomic mass is 19.4. The number of carboxylic acid groups (broad SMARTS) is 2. The molecule has 0 aliphatic heterocycles. The Balaban J connectivity index is 0.000000717. The lowest BCUT2D eigenvalue weighted by atomic mass is 10.0. The average Bonchev–Trinajstić information content (AvgIpc) is 3.02. The number of benzene rings is 2. The molecule has 3 aromatic rings. The van der Waals surface area contributed by atoms with Crippen LogP contribution in [-0.2, 0) is 22.6 Å². The average molecular weight is 711 g/mol. The van der Waals surface area contributed by atoms with E-state index in [0.717, 1.165) is 23.2 Å². The zero-order valence-corrected chi connectivity index (χ0v) is 26.4. The Morgan fingerprint density at radius 3 is 1.84 bits per heavy atom. The number of nitrogens with two attached hydrogens (primary N) is 1. The maximum atomic E-state index is 12.3. The van der Waals surface area contributed by atoms with Gasteiger partial charge in [-0.25, -0.2) is 9.59 Å². The molecule has 0 unspecified atom stereocenters. The molecule has 0 spiro atoms. The van der Waals surface area contributed by atoms with Crippen molar-refractivity contribution in [2.45, 2.75) is 52.1 Å². The van der Waals surface area contributed by atoms with Gasteiger partial charge in [0.15, 0.2) is 11.5 Å². The number of carboxylic acids is 2. The molecule has 19 heteroatoms. The number of aliphatic carboxylic acids is 2. The van der Waals surface area contributed by atoms with Crippen LogP contribution < -0.4 is 25.8 Å². The molecule has 0 bridgehead atoms. The van der Waals surface area contributed by atoms with Crippen LogP contribution in [0.15, 0.2) is 36.5 Å². The summed E-state index contributed by atoms with van der Waals surface area (Å²) in [6.45, 7) is 6.91. The van der Waals surface area contributed by atoms with Crippen molar-refractivity contribution in [3.63, 3.8) is 0 Å². The molecule has 13 nitrogen and oxygen atoms in total.